The van der Waals surface area contributed by atoms with Gasteiger partial charge in [0, 0.05) is 24.3 Å². The number of rotatable bonds is 5. The third-order valence-corrected chi connectivity index (χ3v) is 4.83. The molecule has 2 amide bonds. The summed E-state index contributed by atoms with van der Waals surface area (Å²) in [6.07, 6.45) is 6.16. The fourth-order valence-corrected chi connectivity index (χ4v) is 3.53. The Bertz CT molecular complexity index is 693. The highest BCUT2D eigenvalue weighted by molar-refractivity contribution is 7.15. The van der Waals surface area contributed by atoms with Gasteiger partial charge in [-0.3, -0.25) is 14.9 Å². The van der Waals surface area contributed by atoms with Crippen LogP contribution in [0.3, 0.4) is 0 Å². The fourth-order valence-electron chi connectivity index (χ4n) is 2.51. The van der Waals surface area contributed by atoms with Gasteiger partial charge in [0.1, 0.15) is 6.26 Å². The van der Waals surface area contributed by atoms with Crippen molar-refractivity contribution in [3.8, 4) is 0 Å². The van der Waals surface area contributed by atoms with Crippen LogP contribution in [0.2, 0.25) is 0 Å². The zero-order chi connectivity index (χ0) is 16.2. The van der Waals surface area contributed by atoms with E-state index in [2.05, 4.69) is 17.2 Å². The molecule has 0 aromatic carbocycles. The first-order chi connectivity index (χ1) is 11.2. The van der Waals surface area contributed by atoms with Crippen molar-refractivity contribution in [3.05, 3.63) is 34.7 Å². The molecule has 3 heterocycles. The van der Waals surface area contributed by atoms with Crippen LogP contribution in [0.1, 0.15) is 47.1 Å². The van der Waals surface area contributed by atoms with E-state index in [0.29, 0.717) is 30.2 Å². The smallest absolute Gasteiger partial charge is 0.260 e. The molecule has 122 valence electrons. The van der Waals surface area contributed by atoms with Crippen LogP contribution in [0.15, 0.2) is 23.0 Å². The van der Waals surface area contributed by atoms with Gasteiger partial charge in [0.2, 0.25) is 5.91 Å². The average molecular weight is 333 g/mol. The molecule has 0 fully saturated rings. The van der Waals surface area contributed by atoms with Gasteiger partial charge in [-0.1, -0.05) is 24.7 Å². The lowest BCUT2D eigenvalue weighted by molar-refractivity contribution is -0.132. The first-order valence-corrected chi connectivity index (χ1v) is 8.59. The molecule has 2 aromatic rings. The lowest BCUT2D eigenvalue weighted by Crippen LogP contribution is -2.35. The first kappa shape index (κ1) is 15.7. The van der Waals surface area contributed by atoms with Gasteiger partial charge < -0.3 is 9.32 Å². The van der Waals surface area contributed by atoms with E-state index in [4.69, 9.17) is 4.42 Å². The van der Waals surface area contributed by atoms with Crippen molar-refractivity contribution in [1.82, 2.24) is 9.88 Å². The molecule has 23 heavy (non-hydrogen) atoms. The number of unbranched alkanes of at least 4 members (excludes halogenated alkanes) is 1. The SMILES string of the molecule is CCCCC(=O)N1CCc2nc(NC(=O)c3ccoc3)sc2C1. The second-order valence-electron chi connectivity index (χ2n) is 5.52. The topological polar surface area (TPSA) is 75.4 Å². The van der Waals surface area contributed by atoms with E-state index in [1.807, 2.05) is 4.90 Å². The molecule has 0 bridgehead atoms. The van der Waals surface area contributed by atoms with Gasteiger partial charge >= 0.3 is 0 Å². The molecule has 2 aromatic heterocycles. The number of carbonyl (C=O) groups is 2. The predicted octanol–water partition coefficient (Wildman–Crippen LogP) is 3.06. The summed E-state index contributed by atoms with van der Waals surface area (Å²) < 4.78 is 4.91. The van der Waals surface area contributed by atoms with Crippen molar-refractivity contribution in [2.24, 2.45) is 0 Å². The minimum absolute atomic E-state index is 0.204. The quantitative estimate of drug-likeness (QED) is 0.912. The molecule has 0 spiro atoms. The van der Waals surface area contributed by atoms with E-state index in [-0.39, 0.29) is 11.8 Å². The van der Waals surface area contributed by atoms with Crippen LogP contribution >= 0.6 is 11.3 Å². The van der Waals surface area contributed by atoms with Crippen molar-refractivity contribution in [3.63, 3.8) is 0 Å². The number of fused-ring (bicyclic) bond motifs is 1. The molecule has 3 rings (SSSR count). The number of hydrogen-bond acceptors (Lipinski definition) is 5. The Morgan fingerprint density at radius 2 is 2.35 bits per heavy atom. The normalized spacial score (nSPS) is 13.7. The van der Waals surface area contributed by atoms with E-state index < -0.39 is 0 Å². The number of aromatic nitrogens is 1. The van der Waals surface area contributed by atoms with Crippen LogP contribution in [-0.2, 0) is 17.8 Å². The van der Waals surface area contributed by atoms with E-state index in [9.17, 15) is 9.59 Å². The largest absolute Gasteiger partial charge is 0.472 e. The maximum atomic E-state index is 12.1. The molecule has 0 saturated heterocycles. The number of nitrogens with zero attached hydrogens (tertiary/aromatic N) is 2. The summed E-state index contributed by atoms with van der Waals surface area (Å²) in [6, 6.07) is 1.61. The summed E-state index contributed by atoms with van der Waals surface area (Å²) in [5, 5.41) is 3.36. The van der Waals surface area contributed by atoms with Crippen LogP contribution in [-0.4, -0.2) is 28.2 Å². The highest BCUT2D eigenvalue weighted by Gasteiger charge is 2.24. The summed E-state index contributed by atoms with van der Waals surface area (Å²) in [5.74, 6) is -0.0318. The zero-order valence-corrected chi connectivity index (χ0v) is 13.8. The van der Waals surface area contributed by atoms with Crippen LogP contribution < -0.4 is 5.32 Å². The third-order valence-electron chi connectivity index (χ3n) is 3.83. The van der Waals surface area contributed by atoms with Crippen molar-refractivity contribution in [2.75, 3.05) is 11.9 Å². The maximum absolute atomic E-state index is 12.1. The number of hydrogen-bond donors (Lipinski definition) is 1. The molecule has 0 atom stereocenters. The minimum Gasteiger partial charge on any atom is -0.472 e. The molecule has 1 aliphatic heterocycles. The number of amides is 2. The van der Waals surface area contributed by atoms with E-state index >= 15 is 0 Å². The Labute approximate surface area is 138 Å². The van der Waals surface area contributed by atoms with E-state index in [0.717, 1.165) is 29.8 Å². The number of furan rings is 1. The maximum Gasteiger partial charge on any atom is 0.260 e. The Kier molecular flexibility index (Phi) is 4.76. The average Bonchev–Trinajstić information content (AvgIpc) is 3.20. The van der Waals surface area contributed by atoms with Crippen molar-refractivity contribution >= 4 is 28.3 Å². The molecule has 1 N–H and O–H groups in total. The monoisotopic (exact) mass is 333 g/mol. The highest BCUT2D eigenvalue weighted by Crippen LogP contribution is 2.29. The van der Waals surface area contributed by atoms with Gasteiger partial charge in [0.15, 0.2) is 5.13 Å². The lowest BCUT2D eigenvalue weighted by atomic mass is 10.1. The molecule has 7 heteroatoms. The van der Waals surface area contributed by atoms with Gasteiger partial charge in [0.25, 0.3) is 5.91 Å². The van der Waals surface area contributed by atoms with Crippen LogP contribution in [0.4, 0.5) is 5.13 Å². The molecule has 1 aliphatic rings. The first-order valence-electron chi connectivity index (χ1n) is 7.77. The van der Waals surface area contributed by atoms with E-state index in [1.165, 1.54) is 23.9 Å². The second-order valence-corrected chi connectivity index (χ2v) is 6.61. The van der Waals surface area contributed by atoms with E-state index in [1.54, 1.807) is 6.07 Å². The van der Waals surface area contributed by atoms with Crippen molar-refractivity contribution in [2.45, 2.75) is 39.2 Å². The van der Waals surface area contributed by atoms with Crippen LogP contribution in [0.5, 0.6) is 0 Å². The number of thiazole rings is 1. The Hall–Kier alpha value is -2.15. The second kappa shape index (κ2) is 6.95. The molecular weight excluding hydrogens is 314 g/mol. The molecule has 0 unspecified atom stereocenters. The van der Waals surface area contributed by atoms with Crippen LogP contribution in [0.25, 0.3) is 0 Å². The van der Waals surface area contributed by atoms with Gasteiger partial charge in [0.05, 0.1) is 24.1 Å². The summed E-state index contributed by atoms with van der Waals surface area (Å²) >= 11 is 1.44. The summed E-state index contributed by atoms with van der Waals surface area (Å²) in [4.78, 5) is 31.6. The Morgan fingerprint density at radius 3 is 3.09 bits per heavy atom. The Morgan fingerprint density at radius 1 is 1.48 bits per heavy atom. The van der Waals surface area contributed by atoms with Crippen LogP contribution in [0, 0.1) is 0 Å². The number of nitrogens with one attached hydrogen (secondary N) is 1. The third kappa shape index (κ3) is 3.61. The standard InChI is InChI=1S/C16H19N3O3S/c1-2-3-4-14(20)19-7-5-12-13(9-19)23-16(17-12)18-15(21)11-6-8-22-10-11/h6,8,10H,2-5,7,9H2,1H3,(H,17,18,21). The molecule has 0 aliphatic carbocycles. The number of carbonyl (C=O) groups excluding carboxylic acids is 2. The number of anilines is 1. The summed E-state index contributed by atoms with van der Waals surface area (Å²) in [6.45, 7) is 3.38. The molecule has 0 radical (unpaired) electrons. The molecule has 0 saturated carbocycles. The van der Waals surface area contributed by atoms with Gasteiger partial charge in [-0.2, -0.15) is 0 Å². The fraction of sp³-hybridized carbons (Fsp3) is 0.438. The van der Waals surface area contributed by atoms with Crippen molar-refractivity contribution in [1.29, 1.82) is 0 Å². The lowest BCUT2D eigenvalue weighted by Gasteiger charge is -2.26. The van der Waals surface area contributed by atoms with Gasteiger partial charge in [-0.05, 0) is 12.5 Å². The molecular formula is C16H19N3O3S. The summed E-state index contributed by atoms with van der Waals surface area (Å²) in [5.41, 5.74) is 1.45. The highest BCUT2D eigenvalue weighted by atomic mass is 32.1. The van der Waals surface area contributed by atoms with Crippen molar-refractivity contribution < 1.29 is 14.0 Å². The predicted molar refractivity (Wildman–Crippen MR) is 87.4 cm³/mol. The Balaban J connectivity index is 1.64. The minimum atomic E-state index is -0.235. The van der Waals surface area contributed by atoms with Gasteiger partial charge in [-0.25, -0.2) is 4.98 Å². The molecule has 6 nitrogen and oxygen atoms in total. The summed E-state index contributed by atoms with van der Waals surface area (Å²) in [7, 11) is 0. The van der Waals surface area contributed by atoms with Gasteiger partial charge in [-0.15, -0.1) is 0 Å². The zero-order valence-electron chi connectivity index (χ0n) is 13.0.